The van der Waals surface area contributed by atoms with Crippen LogP contribution >= 0.6 is 11.8 Å². The lowest BCUT2D eigenvalue weighted by Crippen LogP contribution is -2.00. The molecular weight excluding hydrogens is 534 g/mol. The molecule has 0 unspecified atom stereocenters. The Hall–Kier alpha value is -5.26. The van der Waals surface area contributed by atoms with Crippen molar-refractivity contribution in [2.45, 2.75) is 9.79 Å². The van der Waals surface area contributed by atoms with Crippen LogP contribution < -0.4 is 0 Å². The molecule has 0 amide bonds. The summed E-state index contributed by atoms with van der Waals surface area (Å²) < 4.78 is 6.40. The molecule has 1 aliphatic heterocycles. The number of aromatic nitrogens is 3. The Morgan fingerprint density at radius 2 is 0.976 bits per heavy atom. The molecule has 0 saturated heterocycles. The lowest BCUT2D eigenvalue weighted by Gasteiger charge is -2.16. The minimum atomic E-state index is 0.646. The second kappa shape index (κ2) is 9.13. The van der Waals surface area contributed by atoms with Crippen molar-refractivity contribution in [1.29, 1.82) is 0 Å². The van der Waals surface area contributed by atoms with Gasteiger partial charge in [0.15, 0.2) is 17.5 Å². The third-order valence-electron chi connectivity index (χ3n) is 7.92. The van der Waals surface area contributed by atoms with Gasteiger partial charge in [0.05, 0.1) is 0 Å². The summed E-state index contributed by atoms with van der Waals surface area (Å²) in [6, 6.07) is 43.7. The Bertz CT molecular complexity index is 2250. The largest absolute Gasteiger partial charge is 0.456 e. The molecule has 0 bridgehead atoms. The Morgan fingerprint density at radius 1 is 0.429 bits per heavy atom. The van der Waals surface area contributed by atoms with Crippen LogP contribution in [0.3, 0.4) is 0 Å². The van der Waals surface area contributed by atoms with Crippen molar-refractivity contribution >= 4 is 44.5 Å². The molecule has 0 spiro atoms. The van der Waals surface area contributed by atoms with E-state index in [1.165, 1.54) is 31.3 Å². The van der Waals surface area contributed by atoms with Crippen molar-refractivity contribution in [3.8, 4) is 45.3 Å². The first kappa shape index (κ1) is 23.4. The van der Waals surface area contributed by atoms with Gasteiger partial charge < -0.3 is 4.42 Å². The maximum absolute atomic E-state index is 6.40. The zero-order valence-electron chi connectivity index (χ0n) is 22.3. The van der Waals surface area contributed by atoms with E-state index in [4.69, 9.17) is 19.4 Å². The van der Waals surface area contributed by atoms with Crippen LogP contribution in [-0.2, 0) is 0 Å². The Labute approximate surface area is 245 Å². The van der Waals surface area contributed by atoms with Crippen LogP contribution in [0.4, 0.5) is 0 Å². The molecule has 4 nitrogen and oxygen atoms in total. The molecule has 3 heterocycles. The van der Waals surface area contributed by atoms with E-state index in [0.29, 0.717) is 17.5 Å². The van der Waals surface area contributed by atoms with Gasteiger partial charge in [0.25, 0.3) is 0 Å². The Morgan fingerprint density at radius 3 is 1.62 bits per heavy atom. The first-order valence-electron chi connectivity index (χ1n) is 13.9. The van der Waals surface area contributed by atoms with Crippen LogP contribution in [0.2, 0.25) is 0 Å². The smallest absolute Gasteiger partial charge is 0.164 e. The average molecular weight is 556 g/mol. The van der Waals surface area contributed by atoms with Crippen LogP contribution in [0.5, 0.6) is 0 Å². The molecule has 1 aliphatic rings. The lowest BCUT2D eigenvalue weighted by atomic mass is 9.94. The molecule has 6 aromatic carbocycles. The van der Waals surface area contributed by atoms with Crippen molar-refractivity contribution in [2.24, 2.45) is 0 Å². The van der Waals surface area contributed by atoms with E-state index in [9.17, 15) is 0 Å². The summed E-state index contributed by atoms with van der Waals surface area (Å²) in [5, 5.41) is 4.95. The van der Waals surface area contributed by atoms with Crippen LogP contribution in [-0.4, -0.2) is 15.0 Å². The quantitative estimate of drug-likeness (QED) is 0.216. The maximum atomic E-state index is 6.40. The second-order valence-corrected chi connectivity index (χ2v) is 11.5. The van der Waals surface area contributed by atoms with Crippen molar-refractivity contribution in [2.75, 3.05) is 0 Å². The van der Waals surface area contributed by atoms with Crippen molar-refractivity contribution < 1.29 is 4.42 Å². The van der Waals surface area contributed by atoms with Crippen LogP contribution in [0.1, 0.15) is 0 Å². The predicted molar refractivity (Wildman–Crippen MR) is 170 cm³/mol. The van der Waals surface area contributed by atoms with Crippen LogP contribution in [0.15, 0.2) is 142 Å². The van der Waals surface area contributed by atoms with Gasteiger partial charge in [-0.1, -0.05) is 115 Å². The van der Waals surface area contributed by atoms with Gasteiger partial charge in [-0.25, -0.2) is 15.0 Å². The molecule has 0 atom stereocenters. The molecule has 5 heteroatoms. The third-order valence-corrected chi connectivity index (χ3v) is 9.04. The normalized spacial score (nSPS) is 12.2. The average Bonchev–Trinajstić information content (AvgIpc) is 3.45. The molecule has 0 radical (unpaired) electrons. The molecule has 42 heavy (non-hydrogen) atoms. The van der Waals surface area contributed by atoms with Gasteiger partial charge in [-0.05, 0) is 40.8 Å². The predicted octanol–water partition coefficient (Wildman–Crippen LogP) is 10.1. The van der Waals surface area contributed by atoms with Crippen molar-refractivity contribution in [3.63, 3.8) is 0 Å². The summed E-state index contributed by atoms with van der Waals surface area (Å²) in [5.41, 5.74) is 6.99. The highest BCUT2D eigenvalue weighted by molar-refractivity contribution is 8.00. The van der Waals surface area contributed by atoms with Crippen LogP contribution in [0, 0.1) is 0 Å². The lowest BCUT2D eigenvalue weighted by molar-refractivity contribution is 0.669. The zero-order valence-corrected chi connectivity index (χ0v) is 23.1. The second-order valence-electron chi connectivity index (χ2n) is 10.4. The fourth-order valence-corrected chi connectivity index (χ4v) is 7.12. The maximum Gasteiger partial charge on any atom is 0.164 e. The first-order valence-corrected chi connectivity index (χ1v) is 14.7. The third kappa shape index (κ3) is 3.60. The number of hydrogen-bond donors (Lipinski definition) is 0. The Kier molecular flexibility index (Phi) is 5.10. The molecule has 0 aliphatic carbocycles. The van der Waals surface area contributed by atoms with Gasteiger partial charge in [-0.3, -0.25) is 0 Å². The van der Waals surface area contributed by atoms with Crippen molar-refractivity contribution in [3.05, 3.63) is 127 Å². The van der Waals surface area contributed by atoms with Gasteiger partial charge in [-0.2, -0.15) is 0 Å². The molecule has 9 rings (SSSR count). The fraction of sp³-hybridized carbons (Fsp3) is 0. The van der Waals surface area contributed by atoms with Crippen molar-refractivity contribution in [1.82, 2.24) is 15.0 Å². The molecule has 0 saturated carbocycles. The van der Waals surface area contributed by atoms with Gasteiger partial charge in [-0.15, -0.1) is 0 Å². The molecule has 0 fully saturated rings. The van der Waals surface area contributed by atoms with E-state index in [1.807, 2.05) is 72.4 Å². The number of benzene rings is 6. The summed E-state index contributed by atoms with van der Waals surface area (Å²) in [5.74, 6) is 1.96. The minimum absolute atomic E-state index is 0.646. The molecular formula is C37H21N3OS. The number of hydrogen-bond acceptors (Lipinski definition) is 5. The minimum Gasteiger partial charge on any atom is -0.456 e. The van der Waals surface area contributed by atoms with E-state index in [-0.39, 0.29) is 0 Å². The van der Waals surface area contributed by atoms with Gasteiger partial charge in [0.1, 0.15) is 11.2 Å². The number of rotatable bonds is 4. The zero-order chi connectivity index (χ0) is 27.6. The monoisotopic (exact) mass is 555 g/mol. The molecule has 2 aromatic heterocycles. The Balaban J connectivity index is 1.20. The SMILES string of the molecule is c1ccc(-c2nc(-c3ccccc3)nc(-c3ccc(-c4cc5oc6cccc7c6c5c5c(cccc45)S7)cc3)n2)cc1. The standard InChI is InChI=1S/C37H21N3OS/c1-3-9-23(10-4-1)35-38-36(24-11-5-2-6-12-24)40-37(39-35)25-19-17-22(18-20-25)27-21-29-34-32-26(27)13-7-15-30(32)42-31-16-8-14-28(41-29)33(31)34/h1-21H. The summed E-state index contributed by atoms with van der Waals surface area (Å²) in [6.45, 7) is 0. The summed E-state index contributed by atoms with van der Waals surface area (Å²) in [4.78, 5) is 17.1. The van der Waals surface area contributed by atoms with Gasteiger partial charge >= 0.3 is 0 Å². The molecule has 0 N–H and O–H groups in total. The van der Waals surface area contributed by atoms with E-state index in [1.54, 1.807) is 0 Å². The number of furan rings is 1. The van der Waals surface area contributed by atoms with E-state index in [0.717, 1.165) is 39.0 Å². The molecule has 8 aromatic rings. The molecule has 196 valence electrons. The van der Waals surface area contributed by atoms with Gasteiger partial charge in [0.2, 0.25) is 0 Å². The topological polar surface area (TPSA) is 51.8 Å². The highest BCUT2D eigenvalue weighted by atomic mass is 32.2. The highest BCUT2D eigenvalue weighted by Gasteiger charge is 2.23. The van der Waals surface area contributed by atoms with E-state index in [2.05, 4.69) is 66.7 Å². The summed E-state index contributed by atoms with van der Waals surface area (Å²) in [7, 11) is 0. The highest BCUT2D eigenvalue weighted by Crippen LogP contribution is 2.51. The first-order chi connectivity index (χ1) is 20.8. The summed E-state index contributed by atoms with van der Waals surface area (Å²) >= 11 is 1.82. The number of nitrogens with zero attached hydrogens (tertiary/aromatic N) is 3. The van der Waals surface area contributed by atoms with Crippen LogP contribution in [0.25, 0.3) is 78.0 Å². The van der Waals surface area contributed by atoms with E-state index >= 15 is 0 Å². The van der Waals surface area contributed by atoms with Gasteiger partial charge in [0, 0.05) is 42.6 Å². The fourth-order valence-electron chi connectivity index (χ4n) is 5.97. The summed E-state index contributed by atoms with van der Waals surface area (Å²) in [6.07, 6.45) is 0. The van der Waals surface area contributed by atoms with E-state index < -0.39 is 0 Å².